The molecule has 1 aromatic heterocycles. The van der Waals surface area contributed by atoms with Gasteiger partial charge in [0.1, 0.15) is 11.5 Å². The summed E-state index contributed by atoms with van der Waals surface area (Å²) >= 11 is 0. The third-order valence-electron chi connectivity index (χ3n) is 8.42. The number of allylic oxidation sites excluding steroid dienone is 4. The van der Waals surface area contributed by atoms with Crippen molar-refractivity contribution in [3.05, 3.63) is 69.0 Å². The quantitative estimate of drug-likeness (QED) is 0.254. The maximum atomic E-state index is 15.2. The van der Waals surface area contributed by atoms with Crippen molar-refractivity contribution in [2.24, 2.45) is 15.9 Å². The Kier molecular flexibility index (Phi) is 6.69. The van der Waals surface area contributed by atoms with Gasteiger partial charge in [0, 0.05) is 10.7 Å². The van der Waals surface area contributed by atoms with E-state index in [1.54, 1.807) is 5.32 Å². The molecule has 8 bridgehead atoms. The third-order valence-corrected chi connectivity index (χ3v) is 8.42. The first-order valence-electron chi connectivity index (χ1n) is 12.8. The van der Waals surface area contributed by atoms with Crippen LogP contribution in [0.15, 0.2) is 68.3 Å². The normalized spacial score (nSPS) is 31.2. The summed E-state index contributed by atoms with van der Waals surface area (Å²) in [4.78, 5) is 10.5. The Bertz CT molecular complexity index is 1740. The Morgan fingerprint density at radius 3 is 1.91 bits per heavy atom. The summed E-state index contributed by atoms with van der Waals surface area (Å²) < 4.78 is 179. The molecule has 0 saturated heterocycles. The lowest BCUT2D eigenvalue weighted by molar-refractivity contribution is -0.221. The van der Waals surface area contributed by atoms with Crippen LogP contribution in [-0.4, -0.2) is 57.7 Å². The zero-order valence-electron chi connectivity index (χ0n) is 23.0. The van der Waals surface area contributed by atoms with Crippen LogP contribution in [-0.2, 0) is 0 Å². The summed E-state index contributed by atoms with van der Waals surface area (Å²) in [5.41, 5.74) is -18.5. The number of nitrogens with one attached hydrogen (secondary N) is 2. The third kappa shape index (κ3) is 4.67. The highest BCUT2D eigenvalue weighted by Gasteiger charge is 2.75. The molecule has 0 fully saturated rings. The van der Waals surface area contributed by atoms with Gasteiger partial charge in [0.15, 0.2) is 5.54 Å². The highest BCUT2D eigenvalue weighted by atomic mass is 19.4. The van der Waals surface area contributed by atoms with Gasteiger partial charge in [-0.15, -0.1) is 0 Å². The van der Waals surface area contributed by atoms with Gasteiger partial charge in [-0.3, -0.25) is 10.3 Å². The van der Waals surface area contributed by atoms with Crippen molar-refractivity contribution in [1.29, 1.82) is 0 Å². The first kappa shape index (κ1) is 31.9. The van der Waals surface area contributed by atoms with Gasteiger partial charge >= 0.3 is 24.7 Å². The SMILES string of the molecule is CC1=C(C(F)(F)F)C2(C)N=C1C=C1C=CC(=N1)C=c1ccc([nH]1)=CC1(C(F)(F)F)NC(C)(C(C(F)(F)F)=C1C)C2C(F)(F)F. The number of alkyl halides is 12. The molecular weight excluding hydrogens is 620 g/mol. The second-order valence-electron chi connectivity index (χ2n) is 11.3. The average Bonchev–Trinajstić information content (AvgIpc) is 3.52. The Balaban J connectivity index is 2.00. The predicted octanol–water partition coefficient (Wildman–Crippen LogP) is 6.30. The molecule has 5 heterocycles. The molecule has 0 aliphatic carbocycles. The van der Waals surface area contributed by atoms with Gasteiger partial charge < -0.3 is 4.98 Å². The molecular formula is C28H22F12N4. The first-order valence-corrected chi connectivity index (χ1v) is 12.8. The van der Waals surface area contributed by atoms with E-state index in [4.69, 9.17) is 0 Å². The maximum Gasteiger partial charge on any atom is 0.415 e. The molecule has 16 heteroatoms. The molecule has 0 spiro atoms. The number of fused-ring (bicyclic) bond motifs is 6. The Labute approximate surface area is 241 Å². The smallest absolute Gasteiger partial charge is 0.356 e. The second kappa shape index (κ2) is 9.23. The number of aromatic amines is 1. The van der Waals surface area contributed by atoms with Crippen LogP contribution >= 0.6 is 0 Å². The van der Waals surface area contributed by atoms with E-state index in [-0.39, 0.29) is 29.8 Å². The van der Waals surface area contributed by atoms with Crippen molar-refractivity contribution in [2.75, 3.05) is 0 Å². The van der Waals surface area contributed by atoms with Gasteiger partial charge in [-0.25, -0.2) is 4.99 Å². The molecule has 4 aliphatic heterocycles. The Morgan fingerprint density at radius 1 is 0.773 bits per heavy atom. The van der Waals surface area contributed by atoms with Crippen LogP contribution in [0.1, 0.15) is 27.7 Å². The molecule has 4 nitrogen and oxygen atoms in total. The first-order chi connectivity index (χ1) is 19.8. The molecule has 4 aliphatic rings. The van der Waals surface area contributed by atoms with Crippen molar-refractivity contribution in [1.82, 2.24) is 10.3 Å². The number of halogens is 12. The van der Waals surface area contributed by atoms with Crippen LogP contribution < -0.4 is 16.0 Å². The minimum Gasteiger partial charge on any atom is -0.356 e. The lowest BCUT2D eigenvalue weighted by Crippen LogP contribution is -2.68. The number of H-pyrrole nitrogens is 1. The number of aliphatic imine (C=N–C) groups is 2. The van der Waals surface area contributed by atoms with E-state index in [9.17, 15) is 39.5 Å². The van der Waals surface area contributed by atoms with Gasteiger partial charge in [0.25, 0.3) is 0 Å². The highest BCUT2D eigenvalue weighted by Crippen LogP contribution is 2.61. The molecule has 5 rings (SSSR count). The van der Waals surface area contributed by atoms with Crippen LogP contribution in [0.5, 0.6) is 0 Å². The van der Waals surface area contributed by atoms with Gasteiger partial charge in [-0.05, 0) is 81.4 Å². The lowest BCUT2D eigenvalue weighted by Gasteiger charge is -2.48. The van der Waals surface area contributed by atoms with Crippen molar-refractivity contribution in [3.8, 4) is 0 Å². The summed E-state index contributed by atoms with van der Waals surface area (Å²) in [6, 6.07) is 2.34. The average molecular weight is 642 g/mol. The Morgan fingerprint density at radius 2 is 1.36 bits per heavy atom. The van der Waals surface area contributed by atoms with Gasteiger partial charge in [-0.1, -0.05) is 0 Å². The van der Waals surface area contributed by atoms with Crippen LogP contribution in [0, 0.1) is 5.92 Å². The standard InChI is InChI=1S/C28H22F12N4/c1-12-18-10-16-6-5-14(41-16)9-15-7-8-17(42-15)11-24(28(38,39)40)13(2)20(26(32,33)34)23(4,44-24)21(27(35,36)37)22(3,43-18)19(12)25(29,30)31/h5-11,21,42,44H,1-4H3. The lowest BCUT2D eigenvalue weighted by atomic mass is 9.66. The second-order valence-corrected chi connectivity index (χ2v) is 11.3. The topological polar surface area (TPSA) is 52.5 Å². The molecule has 1 aromatic rings. The van der Waals surface area contributed by atoms with Crippen molar-refractivity contribution >= 4 is 23.6 Å². The largest absolute Gasteiger partial charge is 0.415 e. The summed E-state index contributed by atoms with van der Waals surface area (Å²) in [6.45, 7) is 1.69. The maximum absolute atomic E-state index is 15.2. The molecule has 238 valence electrons. The fourth-order valence-electron chi connectivity index (χ4n) is 7.03. The molecule has 0 aromatic carbocycles. The molecule has 2 N–H and O–H groups in total. The van der Waals surface area contributed by atoms with E-state index < -0.39 is 80.6 Å². The van der Waals surface area contributed by atoms with Gasteiger partial charge in [0.05, 0.1) is 33.8 Å². The van der Waals surface area contributed by atoms with Crippen molar-refractivity contribution in [2.45, 2.75) is 69.0 Å². The number of aromatic nitrogens is 1. The number of nitrogens with zero attached hydrogens (tertiary/aromatic N) is 2. The van der Waals surface area contributed by atoms with E-state index in [0.717, 1.165) is 19.1 Å². The highest BCUT2D eigenvalue weighted by molar-refractivity contribution is 6.20. The monoisotopic (exact) mass is 642 g/mol. The summed E-state index contributed by atoms with van der Waals surface area (Å²) in [6.07, 6.45) is -17.8. The van der Waals surface area contributed by atoms with E-state index in [2.05, 4.69) is 15.0 Å². The fourth-order valence-corrected chi connectivity index (χ4v) is 7.03. The van der Waals surface area contributed by atoms with E-state index in [1.807, 2.05) is 0 Å². The zero-order chi connectivity index (χ0) is 33.1. The van der Waals surface area contributed by atoms with E-state index in [1.165, 1.54) is 24.3 Å². The molecule has 0 amide bonds. The molecule has 0 saturated carbocycles. The fraction of sp³-hybridized carbons (Fsp3) is 0.429. The van der Waals surface area contributed by atoms with Crippen LogP contribution in [0.3, 0.4) is 0 Å². The van der Waals surface area contributed by atoms with Crippen LogP contribution in [0.25, 0.3) is 12.2 Å². The van der Waals surface area contributed by atoms with Crippen LogP contribution in [0.2, 0.25) is 0 Å². The van der Waals surface area contributed by atoms with Crippen molar-refractivity contribution < 1.29 is 52.7 Å². The molecule has 0 radical (unpaired) electrons. The summed E-state index contributed by atoms with van der Waals surface area (Å²) in [5, 5.41) is 1.26. The minimum atomic E-state index is -5.96. The summed E-state index contributed by atoms with van der Waals surface area (Å²) in [7, 11) is 0. The summed E-state index contributed by atoms with van der Waals surface area (Å²) in [5.74, 6) is -3.81. The van der Waals surface area contributed by atoms with E-state index in [0.29, 0.717) is 13.8 Å². The predicted molar refractivity (Wildman–Crippen MR) is 137 cm³/mol. The van der Waals surface area contributed by atoms with Crippen molar-refractivity contribution in [3.63, 3.8) is 0 Å². The number of hydrogen-bond acceptors (Lipinski definition) is 3. The number of rotatable bonds is 0. The van der Waals surface area contributed by atoms with Gasteiger partial charge in [-0.2, -0.15) is 52.7 Å². The number of hydrogen-bond donors (Lipinski definition) is 2. The molecule has 4 atom stereocenters. The van der Waals surface area contributed by atoms with Crippen LogP contribution in [0.4, 0.5) is 52.7 Å². The molecule has 44 heavy (non-hydrogen) atoms. The zero-order valence-corrected chi connectivity index (χ0v) is 23.0. The van der Waals surface area contributed by atoms with Gasteiger partial charge in [0.2, 0.25) is 0 Å². The van der Waals surface area contributed by atoms with E-state index >= 15 is 13.2 Å². The Hall–Kier alpha value is -3.56. The molecule has 4 unspecified atom stereocenters. The minimum absolute atomic E-state index is 0.0258.